The molecule has 4 rings (SSSR count). The van der Waals surface area contributed by atoms with Crippen molar-refractivity contribution in [3.63, 3.8) is 0 Å². The smallest absolute Gasteiger partial charge is 0.223 e. The Bertz CT molecular complexity index is 1160. The minimum atomic E-state index is -0.547. The van der Waals surface area contributed by atoms with Gasteiger partial charge in [0.05, 0.1) is 0 Å². The average Bonchev–Trinajstić information content (AvgIpc) is 2.57. The summed E-state index contributed by atoms with van der Waals surface area (Å²) in [5.41, 5.74) is 2.88. The van der Waals surface area contributed by atoms with Crippen LogP contribution in [-0.2, 0) is 0 Å². The van der Waals surface area contributed by atoms with Crippen LogP contribution in [0.5, 0.6) is 17.2 Å². The molecule has 0 atom stereocenters. The van der Waals surface area contributed by atoms with Crippen molar-refractivity contribution in [3.8, 4) is 39.7 Å². The lowest BCUT2D eigenvalue weighted by Gasteiger charge is -2.17. The third-order valence-corrected chi connectivity index (χ3v) is 4.31. The molecule has 0 amide bonds. The molecule has 2 aromatic rings. The van der Waals surface area contributed by atoms with E-state index in [-0.39, 0.29) is 17.2 Å². The fourth-order valence-corrected chi connectivity index (χ4v) is 3.07. The zero-order valence-electron chi connectivity index (χ0n) is 13.3. The molecule has 2 aliphatic rings. The van der Waals surface area contributed by atoms with Crippen molar-refractivity contribution in [1.29, 1.82) is 0 Å². The van der Waals surface area contributed by atoms with E-state index in [0.717, 1.165) is 11.1 Å². The summed E-state index contributed by atoms with van der Waals surface area (Å²) >= 11 is 0. The molecule has 0 saturated carbocycles. The summed E-state index contributed by atoms with van der Waals surface area (Å²) < 4.78 is 5.74. The van der Waals surface area contributed by atoms with Crippen LogP contribution >= 0.6 is 0 Å². The number of phenolic OH excluding ortho intramolecular Hbond substituents is 3. The largest absolute Gasteiger partial charge is 0.504 e. The zero-order chi connectivity index (χ0) is 17.7. The van der Waals surface area contributed by atoms with Gasteiger partial charge in [-0.05, 0) is 30.2 Å². The van der Waals surface area contributed by atoms with Gasteiger partial charge in [-0.3, -0.25) is 4.79 Å². The molecule has 124 valence electrons. The van der Waals surface area contributed by atoms with Gasteiger partial charge in [0.25, 0.3) is 0 Å². The monoisotopic (exact) mass is 334 g/mol. The van der Waals surface area contributed by atoms with E-state index in [1.807, 2.05) is 31.2 Å². The van der Waals surface area contributed by atoms with Crippen LogP contribution in [-0.4, -0.2) is 15.3 Å². The summed E-state index contributed by atoms with van der Waals surface area (Å²) in [5.74, 6) is -0.674. The third-order valence-electron chi connectivity index (χ3n) is 4.31. The van der Waals surface area contributed by atoms with Crippen LogP contribution in [0.1, 0.15) is 5.56 Å². The van der Waals surface area contributed by atoms with E-state index in [2.05, 4.69) is 0 Å². The molecule has 1 aliphatic heterocycles. The maximum atomic E-state index is 11.8. The number of phenols is 3. The Morgan fingerprint density at radius 3 is 2.32 bits per heavy atom. The highest BCUT2D eigenvalue weighted by Crippen LogP contribution is 2.44. The molecule has 25 heavy (non-hydrogen) atoms. The van der Waals surface area contributed by atoms with E-state index in [9.17, 15) is 20.1 Å². The summed E-state index contributed by atoms with van der Waals surface area (Å²) in [4.78, 5) is 11.8. The summed E-state index contributed by atoms with van der Waals surface area (Å²) in [7, 11) is 0. The average molecular weight is 334 g/mol. The molecular weight excluding hydrogens is 320 g/mol. The van der Waals surface area contributed by atoms with Gasteiger partial charge < -0.3 is 19.7 Å². The minimum absolute atomic E-state index is 0.276. The zero-order valence-corrected chi connectivity index (χ0v) is 13.3. The van der Waals surface area contributed by atoms with E-state index in [1.54, 1.807) is 0 Å². The molecule has 0 unspecified atom stereocenters. The van der Waals surface area contributed by atoms with Crippen molar-refractivity contribution < 1.29 is 19.7 Å². The van der Waals surface area contributed by atoms with E-state index < -0.39 is 5.43 Å². The van der Waals surface area contributed by atoms with Crippen LogP contribution in [0.3, 0.4) is 0 Å². The number of rotatable bonds is 1. The lowest BCUT2D eigenvalue weighted by molar-refractivity contribution is 0.404. The molecule has 1 aliphatic carbocycles. The van der Waals surface area contributed by atoms with Crippen LogP contribution in [0, 0.1) is 6.92 Å². The van der Waals surface area contributed by atoms with Crippen LogP contribution in [0.2, 0.25) is 0 Å². The first kappa shape index (κ1) is 15.1. The maximum Gasteiger partial charge on any atom is 0.223 e. The van der Waals surface area contributed by atoms with Crippen molar-refractivity contribution >= 4 is 11.0 Å². The Kier molecular flexibility index (Phi) is 3.18. The number of benzene rings is 3. The number of fused-ring (bicyclic) bond motifs is 2. The molecule has 0 saturated heterocycles. The van der Waals surface area contributed by atoms with E-state index in [4.69, 9.17) is 4.42 Å². The lowest BCUT2D eigenvalue weighted by Crippen LogP contribution is -2.01. The second kappa shape index (κ2) is 5.27. The Morgan fingerprint density at radius 1 is 0.840 bits per heavy atom. The normalized spacial score (nSPS) is 11.2. The molecular formula is C20H14O5. The Balaban J connectivity index is 2.27. The lowest BCUT2D eigenvalue weighted by atomic mass is 9.91. The topological polar surface area (TPSA) is 90.9 Å². The fraction of sp³-hybridized carbons (Fsp3) is 0.0500. The first-order valence-corrected chi connectivity index (χ1v) is 7.67. The van der Waals surface area contributed by atoms with Gasteiger partial charge in [-0.2, -0.15) is 0 Å². The summed E-state index contributed by atoms with van der Waals surface area (Å²) in [6.07, 6.45) is 0. The molecule has 5 nitrogen and oxygen atoms in total. The third kappa shape index (κ3) is 2.29. The van der Waals surface area contributed by atoms with Crippen LogP contribution in [0.4, 0.5) is 0 Å². The molecule has 0 aromatic heterocycles. The van der Waals surface area contributed by atoms with Gasteiger partial charge in [-0.25, -0.2) is 0 Å². The molecule has 0 fully saturated rings. The van der Waals surface area contributed by atoms with Crippen molar-refractivity contribution in [1.82, 2.24) is 0 Å². The number of hydrogen-bond acceptors (Lipinski definition) is 5. The Hall–Kier alpha value is -3.47. The van der Waals surface area contributed by atoms with Crippen LogP contribution < -0.4 is 5.43 Å². The predicted molar refractivity (Wildman–Crippen MR) is 94.3 cm³/mol. The highest BCUT2D eigenvalue weighted by atomic mass is 16.3. The summed E-state index contributed by atoms with van der Waals surface area (Å²) in [6.45, 7) is 1.94. The van der Waals surface area contributed by atoms with Crippen molar-refractivity contribution in [2.24, 2.45) is 0 Å². The van der Waals surface area contributed by atoms with Gasteiger partial charge in [0.15, 0.2) is 17.2 Å². The first-order chi connectivity index (χ1) is 12.0. The van der Waals surface area contributed by atoms with Crippen molar-refractivity contribution in [2.45, 2.75) is 6.92 Å². The fourth-order valence-electron chi connectivity index (χ4n) is 3.07. The molecule has 0 spiro atoms. The van der Waals surface area contributed by atoms with Crippen molar-refractivity contribution in [3.05, 3.63) is 64.3 Å². The van der Waals surface area contributed by atoms with E-state index in [1.165, 1.54) is 24.3 Å². The van der Waals surface area contributed by atoms with Gasteiger partial charge >= 0.3 is 0 Å². The summed E-state index contributed by atoms with van der Waals surface area (Å²) in [6, 6.07) is 13.0. The van der Waals surface area contributed by atoms with Gasteiger partial charge in [0.2, 0.25) is 5.43 Å². The highest BCUT2D eigenvalue weighted by Gasteiger charge is 2.21. The maximum absolute atomic E-state index is 11.8. The molecule has 1 heterocycles. The molecule has 5 heteroatoms. The Labute approximate surface area is 142 Å². The minimum Gasteiger partial charge on any atom is -0.504 e. The van der Waals surface area contributed by atoms with E-state index in [0.29, 0.717) is 27.9 Å². The quantitative estimate of drug-likeness (QED) is 0.362. The van der Waals surface area contributed by atoms with Crippen molar-refractivity contribution in [2.75, 3.05) is 0 Å². The molecule has 0 bridgehead atoms. The van der Waals surface area contributed by atoms with Crippen LogP contribution in [0.25, 0.3) is 33.4 Å². The highest BCUT2D eigenvalue weighted by molar-refractivity contribution is 6.03. The van der Waals surface area contributed by atoms with Crippen LogP contribution in [0.15, 0.2) is 57.7 Å². The van der Waals surface area contributed by atoms with Gasteiger partial charge in [0.1, 0.15) is 11.3 Å². The van der Waals surface area contributed by atoms with E-state index >= 15 is 0 Å². The SMILES string of the molecule is Cc1ccccc1-c1c2cc(O)c(=O)cc-2oc2cc(O)c(O)cc12. The number of aromatic hydroxyl groups is 3. The molecule has 0 radical (unpaired) electrons. The van der Waals surface area contributed by atoms with Gasteiger partial charge in [-0.15, -0.1) is 0 Å². The predicted octanol–water partition coefficient (Wildman–Crippen LogP) is 3.99. The van der Waals surface area contributed by atoms with Gasteiger partial charge in [0, 0.05) is 28.6 Å². The number of hydrogen-bond donors (Lipinski definition) is 3. The Morgan fingerprint density at radius 2 is 1.56 bits per heavy atom. The first-order valence-electron chi connectivity index (χ1n) is 7.67. The number of aryl methyl sites for hydroxylation is 1. The standard InChI is InChI=1S/C20H14O5/c1-10-4-2-3-5-11(10)20-12-6-14(21)16(23)8-18(12)25-19-9-17(24)15(22)7-13(19)20/h2-9,21-23H,1H3. The molecule has 2 aromatic carbocycles. The molecule has 3 N–H and O–H groups in total. The second-order valence-corrected chi connectivity index (χ2v) is 5.95. The summed E-state index contributed by atoms with van der Waals surface area (Å²) in [5, 5.41) is 30.2. The second-order valence-electron chi connectivity index (χ2n) is 5.95. The van der Waals surface area contributed by atoms with Gasteiger partial charge in [-0.1, -0.05) is 24.3 Å².